The molecule has 27 heavy (non-hydrogen) atoms. The molecule has 0 aliphatic carbocycles. The third-order valence-electron chi connectivity index (χ3n) is 3.76. The molecule has 1 heterocycles. The van der Waals surface area contributed by atoms with Crippen LogP contribution < -0.4 is 0 Å². The van der Waals surface area contributed by atoms with Crippen molar-refractivity contribution in [3.8, 4) is 28.8 Å². The molecule has 7 heteroatoms. The highest BCUT2D eigenvalue weighted by atomic mass is 16.5. The second kappa shape index (κ2) is 7.72. The molecule has 134 valence electrons. The van der Waals surface area contributed by atoms with E-state index < -0.39 is 11.6 Å². The maximum absolute atomic E-state index is 12.2. The fourth-order valence-electron chi connectivity index (χ4n) is 2.39. The molecule has 3 rings (SSSR count). The number of rotatable bonds is 5. The Bertz CT molecular complexity index is 929. The third-order valence-corrected chi connectivity index (χ3v) is 3.76. The number of esters is 1. The lowest BCUT2D eigenvalue weighted by Gasteiger charge is -2.18. The highest BCUT2D eigenvalue weighted by Crippen LogP contribution is 2.25. The summed E-state index contributed by atoms with van der Waals surface area (Å²) in [4.78, 5) is 25.0. The van der Waals surface area contributed by atoms with Gasteiger partial charge >= 0.3 is 11.6 Å². The van der Waals surface area contributed by atoms with Gasteiger partial charge in [0.2, 0.25) is 0 Å². The predicted octanol–water partition coefficient (Wildman–Crippen LogP) is 2.48. The number of nitriles is 1. The molecule has 1 aromatic heterocycles. The third kappa shape index (κ3) is 3.66. The minimum atomic E-state index is -2.63. The van der Waals surface area contributed by atoms with Crippen LogP contribution in [0, 0.1) is 11.3 Å². The summed E-state index contributed by atoms with van der Waals surface area (Å²) in [5.41, 5.74) is -1.32. The topological polar surface area (TPSA) is 109 Å². The largest absolute Gasteiger partial charge is 0.463 e. The Balaban J connectivity index is 2.22. The molecule has 7 nitrogen and oxygen atoms in total. The lowest BCUT2D eigenvalue weighted by Crippen LogP contribution is -2.38. The van der Waals surface area contributed by atoms with Crippen LogP contribution in [0.1, 0.15) is 12.7 Å². The molecule has 0 spiro atoms. The van der Waals surface area contributed by atoms with Gasteiger partial charge in [-0.25, -0.2) is 19.7 Å². The fourth-order valence-corrected chi connectivity index (χ4v) is 2.39. The van der Waals surface area contributed by atoms with Crippen LogP contribution in [0.15, 0.2) is 60.7 Å². The van der Waals surface area contributed by atoms with Crippen molar-refractivity contribution in [2.45, 2.75) is 12.5 Å². The SMILES string of the molecule is CCOC(=O)C(O)(C#N)c1nc(-c2ccccc2)nc(-c2ccccc2)n1. The quantitative estimate of drug-likeness (QED) is 0.550. The van der Waals surface area contributed by atoms with Crippen molar-refractivity contribution < 1.29 is 14.6 Å². The average molecular weight is 360 g/mol. The summed E-state index contributed by atoms with van der Waals surface area (Å²) in [7, 11) is 0. The van der Waals surface area contributed by atoms with Gasteiger partial charge in [0, 0.05) is 11.1 Å². The number of hydrogen-bond acceptors (Lipinski definition) is 7. The molecule has 1 N–H and O–H groups in total. The highest BCUT2D eigenvalue weighted by molar-refractivity contribution is 5.83. The van der Waals surface area contributed by atoms with Crippen LogP contribution >= 0.6 is 0 Å². The van der Waals surface area contributed by atoms with Crippen LogP contribution in [0.25, 0.3) is 22.8 Å². The second-order valence-corrected chi connectivity index (χ2v) is 5.58. The first-order valence-corrected chi connectivity index (χ1v) is 8.26. The van der Waals surface area contributed by atoms with Crippen LogP contribution in [-0.2, 0) is 15.1 Å². The first kappa shape index (κ1) is 18.2. The standard InChI is InChI=1S/C20H16N4O3/c1-2-27-19(25)20(26,13-21)18-23-16(14-9-5-3-6-10-14)22-17(24-18)15-11-7-4-8-12-15/h3-12,26H,2H2,1H3. The molecule has 0 aliphatic rings. The Morgan fingerprint density at radius 3 is 1.89 bits per heavy atom. The molecule has 0 fully saturated rings. The van der Waals surface area contributed by atoms with Crippen LogP contribution in [0.3, 0.4) is 0 Å². The van der Waals surface area contributed by atoms with E-state index in [2.05, 4.69) is 15.0 Å². The van der Waals surface area contributed by atoms with Crippen LogP contribution in [0.4, 0.5) is 0 Å². The van der Waals surface area contributed by atoms with Crippen molar-refractivity contribution in [2.75, 3.05) is 6.61 Å². The van der Waals surface area contributed by atoms with Crippen molar-refractivity contribution in [3.05, 3.63) is 66.5 Å². The molecule has 2 aromatic carbocycles. The van der Waals surface area contributed by atoms with Crippen LogP contribution in [-0.4, -0.2) is 32.6 Å². The first-order chi connectivity index (χ1) is 13.1. The van der Waals surface area contributed by atoms with Gasteiger partial charge < -0.3 is 9.84 Å². The fraction of sp³-hybridized carbons (Fsp3) is 0.150. The Hall–Kier alpha value is -3.63. The summed E-state index contributed by atoms with van der Waals surface area (Å²) in [5.74, 6) is -1.04. The predicted molar refractivity (Wildman–Crippen MR) is 96.8 cm³/mol. The van der Waals surface area contributed by atoms with Gasteiger partial charge in [-0.1, -0.05) is 60.7 Å². The average Bonchev–Trinajstić information content (AvgIpc) is 2.74. The number of carbonyl (C=O) groups is 1. The van der Waals surface area contributed by atoms with Crippen molar-refractivity contribution in [2.24, 2.45) is 0 Å². The minimum Gasteiger partial charge on any atom is -0.463 e. The van der Waals surface area contributed by atoms with E-state index in [9.17, 15) is 15.2 Å². The Labute approximate surface area is 155 Å². The molecular weight excluding hydrogens is 344 g/mol. The van der Waals surface area contributed by atoms with Gasteiger partial charge in [0.25, 0.3) is 0 Å². The number of benzene rings is 2. The zero-order chi connectivity index (χ0) is 19.3. The maximum atomic E-state index is 12.2. The number of aliphatic hydroxyl groups is 1. The Morgan fingerprint density at radius 2 is 1.48 bits per heavy atom. The number of aromatic nitrogens is 3. The van der Waals surface area contributed by atoms with E-state index in [4.69, 9.17) is 4.74 Å². The molecule has 0 amide bonds. The lowest BCUT2D eigenvalue weighted by molar-refractivity contribution is -0.160. The van der Waals surface area contributed by atoms with E-state index in [1.54, 1.807) is 37.3 Å². The summed E-state index contributed by atoms with van der Waals surface area (Å²) < 4.78 is 4.83. The minimum absolute atomic E-state index is 0.00495. The highest BCUT2D eigenvalue weighted by Gasteiger charge is 2.44. The Kier molecular flexibility index (Phi) is 5.20. The zero-order valence-electron chi connectivity index (χ0n) is 14.5. The molecule has 0 bridgehead atoms. The zero-order valence-corrected chi connectivity index (χ0v) is 14.5. The van der Waals surface area contributed by atoms with Crippen molar-refractivity contribution in [3.63, 3.8) is 0 Å². The molecule has 0 radical (unpaired) electrons. The first-order valence-electron chi connectivity index (χ1n) is 8.26. The van der Waals surface area contributed by atoms with Gasteiger partial charge in [-0.3, -0.25) is 0 Å². The van der Waals surface area contributed by atoms with Gasteiger partial charge in [-0.05, 0) is 6.92 Å². The van der Waals surface area contributed by atoms with Gasteiger partial charge in [0.05, 0.1) is 6.61 Å². The lowest BCUT2D eigenvalue weighted by atomic mass is 10.1. The van der Waals surface area contributed by atoms with E-state index in [1.807, 2.05) is 36.4 Å². The number of nitrogens with zero attached hydrogens (tertiary/aromatic N) is 4. The molecule has 0 saturated carbocycles. The molecule has 1 unspecified atom stereocenters. The summed E-state index contributed by atoms with van der Waals surface area (Å²) >= 11 is 0. The van der Waals surface area contributed by atoms with Crippen molar-refractivity contribution >= 4 is 5.97 Å². The molecule has 3 aromatic rings. The Morgan fingerprint density at radius 1 is 1.00 bits per heavy atom. The van der Waals surface area contributed by atoms with Gasteiger partial charge in [-0.2, -0.15) is 5.26 Å². The smallest absolute Gasteiger partial charge is 0.361 e. The van der Waals surface area contributed by atoms with Crippen molar-refractivity contribution in [1.29, 1.82) is 5.26 Å². The maximum Gasteiger partial charge on any atom is 0.361 e. The van der Waals surface area contributed by atoms with Crippen molar-refractivity contribution in [1.82, 2.24) is 15.0 Å². The van der Waals surface area contributed by atoms with E-state index in [-0.39, 0.29) is 24.1 Å². The van der Waals surface area contributed by atoms with Crippen LogP contribution in [0.5, 0.6) is 0 Å². The summed E-state index contributed by atoms with van der Waals surface area (Å²) in [5, 5.41) is 20.1. The monoisotopic (exact) mass is 360 g/mol. The van der Waals surface area contributed by atoms with Gasteiger partial charge in [-0.15, -0.1) is 0 Å². The molecular formula is C20H16N4O3. The number of ether oxygens (including phenoxy) is 1. The molecule has 1 atom stereocenters. The van der Waals surface area contributed by atoms with E-state index in [0.29, 0.717) is 11.1 Å². The summed E-state index contributed by atoms with van der Waals surface area (Å²) in [6.45, 7) is 1.58. The summed E-state index contributed by atoms with van der Waals surface area (Å²) in [6.07, 6.45) is 0. The summed E-state index contributed by atoms with van der Waals surface area (Å²) in [6, 6.07) is 19.6. The van der Waals surface area contributed by atoms with Crippen LogP contribution in [0.2, 0.25) is 0 Å². The van der Waals surface area contributed by atoms with E-state index in [1.165, 1.54) is 0 Å². The molecule has 0 aliphatic heterocycles. The van der Waals surface area contributed by atoms with Gasteiger partial charge in [0.1, 0.15) is 6.07 Å². The second-order valence-electron chi connectivity index (χ2n) is 5.58. The molecule has 0 saturated heterocycles. The van der Waals surface area contributed by atoms with Gasteiger partial charge in [0.15, 0.2) is 17.5 Å². The number of hydrogen-bond donors (Lipinski definition) is 1. The van der Waals surface area contributed by atoms with E-state index >= 15 is 0 Å². The normalized spacial score (nSPS) is 12.6. The van der Waals surface area contributed by atoms with E-state index in [0.717, 1.165) is 0 Å². The number of carbonyl (C=O) groups excluding carboxylic acids is 1.